The van der Waals surface area contributed by atoms with Crippen molar-refractivity contribution in [3.63, 3.8) is 0 Å². The van der Waals surface area contributed by atoms with Gasteiger partial charge in [0.05, 0.1) is 42.6 Å². The van der Waals surface area contributed by atoms with E-state index in [0.717, 1.165) is 46.0 Å². The normalized spacial score (nSPS) is 15.4. The first-order valence-electron chi connectivity index (χ1n) is 11.4. The fourth-order valence-electron chi connectivity index (χ4n) is 4.35. The largest absolute Gasteiger partial charge is 0.497 e. The molecule has 2 aromatic carbocycles. The molecule has 0 aliphatic carbocycles. The molecule has 7 nitrogen and oxygen atoms in total. The van der Waals surface area contributed by atoms with Crippen molar-refractivity contribution in [1.82, 2.24) is 20.0 Å². The highest BCUT2D eigenvalue weighted by Gasteiger charge is 2.24. The molecule has 0 unspecified atom stereocenters. The number of rotatable bonds is 7. The number of amides is 1. The van der Waals surface area contributed by atoms with Gasteiger partial charge in [0.25, 0.3) is 5.91 Å². The van der Waals surface area contributed by atoms with Crippen molar-refractivity contribution in [2.24, 2.45) is 0 Å². The number of methoxy groups -OCH3 is 1. The van der Waals surface area contributed by atoms with Crippen LogP contribution in [0.4, 0.5) is 0 Å². The monoisotopic (exact) mass is 476 g/mol. The Bertz CT molecular complexity index is 1260. The van der Waals surface area contributed by atoms with E-state index in [1.165, 1.54) is 11.3 Å². The quantitative estimate of drug-likeness (QED) is 0.433. The Hall–Kier alpha value is -3.20. The molecule has 2 aromatic heterocycles. The third-order valence-electron chi connectivity index (χ3n) is 6.21. The lowest BCUT2D eigenvalue weighted by Crippen LogP contribution is -2.43. The van der Waals surface area contributed by atoms with E-state index < -0.39 is 0 Å². The van der Waals surface area contributed by atoms with Gasteiger partial charge in [-0.3, -0.25) is 9.69 Å². The van der Waals surface area contributed by atoms with E-state index in [2.05, 4.69) is 27.4 Å². The van der Waals surface area contributed by atoms with Crippen molar-refractivity contribution in [1.29, 1.82) is 0 Å². The van der Waals surface area contributed by atoms with E-state index in [-0.39, 0.29) is 11.9 Å². The zero-order valence-electron chi connectivity index (χ0n) is 19.4. The summed E-state index contributed by atoms with van der Waals surface area (Å²) in [6.07, 6.45) is 0. The molecule has 0 bridgehead atoms. The molecule has 3 heterocycles. The van der Waals surface area contributed by atoms with Crippen LogP contribution < -0.4 is 10.1 Å². The van der Waals surface area contributed by atoms with Crippen LogP contribution in [0.2, 0.25) is 0 Å². The summed E-state index contributed by atoms with van der Waals surface area (Å²) in [5.41, 5.74) is 3.05. The van der Waals surface area contributed by atoms with Gasteiger partial charge in [-0.1, -0.05) is 30.3 Å². The minimum absolute atomic E-state index is 0.0630. The number of hydrogen-bond acceptors (Lipinski definition) is 6. The van der Waals surface area contributed by atoms with Crippen LogP contribution in [-0.2, 0) is 4.74 Å². The number of fused-ring (bicyclic) bond motifs is 1. The number of nitrogens with zero attached hydrogens (tertiary/aromatic N) is 3. The maximum atomic E-state index is 13.2. The fraction of sp³-hybridized carbons (Fsp3) is 0.308. The molecular weight excluding hydrogens is 448 g/mol. The van der Waals surface area contributed by atoms with Gasteiger partial charge in [0.2, 0.25) is 0 Å². The number of carbonyl (C=O) groups is 1. The molecule has 0 spiro atoms. The summed E-state index contributed by atoms with van der Waals surface area (Å²) in [6.45, 7) is 5.57. The van der Waals surface area contributed by atoms with Gasteiger partial charge in [-0.2, -0.15) is 5.10 Å². The molecule has 4 aromatic rings. The van der Waals surface area contributed by atoms with Gasteiger partial charge in [-0.25, -0.2) is 4.68 Å². The second-order valence-corrected chi connectivity index (χ2v) is 9.34. The zero-order valence-corrected chi connectivity index (χ0v) is 20.2. The van der Waals surface area contributed by atoms with E-state index in [0.29, 0.717) is 24.6 Å². The van der Waals surface area contributed by atoms with Crippen LogP contribution in [0.1, 0.15) is 27.0 Å². The summed E-state index contributed by atoms with van der Waals surface area (Å²) in [7, 11) is 1.67. The highest BCUT2D eigenvalue weighted by molar-refractivity contribution is 7.20. The Morgan fingerprint density at radius 2 is 1.88 bits per heavy atom. The molecule has 34 heavy (non-hydrogen) atoms. The van der Waals surface area contributed by atoms with Gasteiger partial charge in [-0.05, 0) is 42.8 Å². The van der Waals surface area contributed by atoms with Crippen LogP contribution in [0.3, 0.4) is 0 Å². The van der Waals surface area contributed by atoms with E-state index in [1.807, 2.05) is 60.1 Å². The fourth-order valence-corrected chi connectivity index (χ4v) is 5.45. The molecule has 1 N–H and O–H groups in total. The van der Waals surface area contributed by atoms with Gasteiger partial charge in [0.15, 0.2) is 0 Å². The van der Waals surface area contributed by atoms with Gasteiger partial charge >= 0.3 is 0 Å². The van der Waals surface area contributed by atoms with Gasteiger partial charge in [0, 0.05) is 25.0 Å². The molecule has 5 rings (SSSR count). The molecule has 1 aliphatic rings. The SMILES string of the molecule is COc1ccc([C@@H](CNC(=O)c2cc3c(C)nn(-c4ccccc4)c3s2)N2CCOCC2)cc1. The first-order valence-corrected chi connectivity index (χ1v) is 12.2. The Balaban J connectivity index is 1.36. The Labute approximate surface area is 202 Å². The molecular formula is C26H28N4O3S. The van der Waals surface area contributed by atoms with Crippen LogP contribution >= 0.6 is 11.3 Å². The standard InChI is InChI=1S/C26H28N4O3S/c1-18-22-16-24(34-26(22)30(28-18)20-6-4-3-5-7-20)25(31)27-17-23(29-12-14-33-15-13-29)19-8-10-21(32-2)11-9-19/h3-11,16,23H,12-15,17H2,1-2H3,(H,27,31)/t23-/m1/s1. The Kier molecular flexibility index (Phi) is 6.62. The van der Waals surface area contributed by atoms with Crippen molar-refractivity contribution in [3.05, 3.63) is 76.8 Å². The first-order chi connectivity index (χ1) is 16.6. The molecule has 1 atom stereocenters. The molecule has 0 radical (unpaired) electrons. The number of carbonyl (C=O) groups excluding carboxylic acids is 1. The number of para-hydroxylation sites is 1. The van der Waals surface area contributed by atoms with Crippen LogP contribution in [0, 0.1) is 6.92 Å². The van der Waals surface area contributed by atoms with Crippen LogP contribution in [0.15, 0.2) is 60.7 Å². The third-order valence-corrected chi connectivity index (χ3v) is 7.32. The van der Waals surface area contributed by atoms with Crippen LogP contribution in [-0.4, -0.2) is 60.5 Å². The molecule has 8 heteroatoms. The molecule has 1 fully saturated rings. The van der Waals surface area contributed by atoms with Crippen molar-refractivity contribution in [2.45, 2.75) is 13.0 Å². The van der Waals surface area contributed by atoms with Crippen molar-refractivity contribution in [3.8, 4) is 11.4 Å². The molecule has 1 aliphatic heterocycles. The summed E-state index contributed by atoms with van der Waals surface area (Å²) in [5.74, 6) is 0.758. The topological polar surface area (TPSA) is 68.6 Å². The summed E-state index contributed by atoms with van der Waals surface area (Å²) in [4.78, 5) is 17.2. The molecule has 0 saturated carbocycles. The van der Waals surface area contributed by atoms with Gasteiger partial charge < -0.3 is 14.8 Å². The van der Waals surface area contributed by atoms with Crippen LogP contribution in [0.25, 0.3) is 15.9 Å². The zero-order chi connectivity index (χ0) is 23.5. The summed E-state index contributed by atoms with van der Waals surface area (Å²) >= 11 is 1.47. The first kappa shape index (κ1) is 22.6. The Morgan fingerprint density at radius 3 is 2.59 bits per heavy atom. The number of hydrogen-bond donors (Lipinski definition) is 1. The average molecular weight is 477 g/mol. The smallest absolute Gasteiger partial charge is 0.261 e. The van der Waals surface area contributed by atoms with Gasteiger partial charge in [-0.15, -0.1) is 11.3 Å². The highest BCUT2D eigenvalue weighted by Crippen LogP contribution is 2.31. The number of thiophene rings is 1. The molecule has 1 saturated heterocycles. The number of ether oxygens (including phenoxy) is 2. The number of morpholine rings is 1. The summed E-state index contributed by atoms with van der Waals surface area (Å²) < 4.78 is 12.8. The molecule has 1 amide bonds. The van der Waals surface area contributed by atoms with Crippen LogP contribution in [0.5, 0.6) is 5.75 Å². The lowest BCUT2D eigenvalue weighted by molar-refractivity contribution is 0.0162. The van der Waals surface area contributed by atoms with E-state index in [1.54, 1.807) is 7.11 Å². The predicted molar refractivity (Wildman–Crippen MR) is 134 cm³/mol. The second kappa shape index (κ2) is 9.97. The minimum atomic E-state index is -0.0630. The van der Waals surface area contributed by atoms with E-state index in [9.17, 15) is 4.79 Å². The van der Waals surface area contributed by atoms with Gasteiger partial charge in [0.1, 0.15) is 10.6 Å². The van der Waals surface area contributed by atoms with Crippen molar-refractivity contribution < 1.29 is 14.3 Å². The highest BCUT2D eigenvalue weighted by atomic mass is 32.1. The van der Waals surface area contributed by atoms with E-state index >= 15 is 0 Å². The molecule has 176 valence electrons. The average Bonchev–Trinajstić information content (AvgIpc) is 3.46. The maximum Gasteiger partial charge on any atom is 0.261 e. The lowest BCUT2D eigenvalue weighted by atomic mass is 10.0. The number of nitrogens with one attached hydrogen (secondary N) is 1. The van der Waals surface area contributed by atoms with Crippen molar-refractivity contribution >= 4 is 27.5 Å². The number of aromatic nitrogens is 2. The second-order valence-electron chi connectivity index (χ2n) is 8.31. The number of benzene rings is 2. The van der Waals surface area contributed by atoms with E-state index in [4.69, 9.17) is 9.47 Å². The third kappa shape index (κ3) is 4.57. The maximum absolute atomic E-state index is 13.2. The lowest BCUT2D eigenvalue weighted by Gasteiger charge is -2.35. The summed E-state index contributed by atoms with van der Waals surface area (Å²) in [5, 5.41) is 8.87. The Morgan fingerprint density at radius 1 is 1.15 bits per heavy atom. The predicted octanol–water partition coefficient (Wildman–Crippen LogP) is 4.21. The minimum Gasteiger partial charge on any atom is -0.497 e. The summed E-state index contributed by atoms with van der Waals surface area (Å²) in [6, 6.07) is 20.1. The van der Waals surface area contributed by atoms with Crippen molar-refractivity contribution in [2.75, 3.05) is 40.0 Å². The number of aryl methyl sites for hydroxylation is 1.